The zero-order valence-corrected chi connectivity index (χ0v) is 14.3. The maximum Gasteiger partial charge on any atom is 0.226 e. The summed E-state index contributed by atoms with van der Waals surface area (Å²) in [5.74, 6) is 0.706. The average molecular weight is 329 g/mol. The van der Waals surface area contributed by atoms with E-state index < -0.39 is 0 Å². The van der Waals surface area contributed by atoms with Crippen LogP contribution in [0, 0.1) is 5.92 Å². The molecule has 0 aromatic heterocycles. The molecule has 1 amide bonds. The molecular formula is C20H27NO3. The monoisotopic (exact) mass is 329 g/mol. The second-order valence-corrected chi connectivity index (χ2v) is 7.32. The molecule has 4 heteroatoms. The fourth-order valence-corrected chi connectivity index (χ4v) is 4.25. The van der Waals surface area contributed by atoms with Crippen molar-refractivity contribution in [3.8, 4) is 0 Å². The van der Waals surface area contributed by atoms with E-state index in [9.17, 15) is 4.79 Å². The van der Waals surface area contributed by atoms with Crippen molar-refractivity contribution in [1.29, 1.82) is 0 Å². The minimum Gasteiger partial charge on any atom is -0.350 e. The molecule has 4 nitrogen and oxygen atoms in total. The molecule has 0 atom stereocenters. The van der Waals surface area contributed by atoms with Gasteiger partial charge in [0.2, 0.25) is 5.91 Å². The first-order valence-electron chi connectivity index (χ1n) is 9.41. The van der Waals surface area contributed by atoms with Crippen LogP contribution >= 0.6 is 0 Å². The van der Waals surface area contributed by atoms with Gasteiger partial charge < -0.3 is 14.4 Å². The zero-order valence-electron chi connectivity index (χ0n) is 14.3. The topological polar surface area (TPSA) is 38.8 Å². The van der Waals surface area contributed by atoms with Gasteiger partial charge in [-0.2, -0.15) is 0 Å². The Hall–Kier alpha value is -1.39. The van der Waals surface area contributed by atoms with Crippen molar-refractivity contribution in [3.05, 3.63) is 34.9 Å². The molecule has 0 radical (unpaired) electrons. The molecule has 0 N–H and O–H groups in total. The highest BCUT2D eigenvalue weighted by molar-refractivity contribution is 5.79. The van der Waals surface area contributed by atoms with E-state index in [2.05, 4.69) is 18.2 Å². The van der Waals surface area contributed by atoms with Gasteiger partial charge in [-0.25, -0.2) is 0 Å². The van der Waals surface area contributed by atoms with E-state index in [1.165, 1.54) is 42.4 Å². The number of hydrogen-bond acceptors (Lipinski definition) is 3. The first kappa shape index (κ1) is 16.1. The normalized spacial score (nSPS) is 22.6. The van der Waals surface area contributed by atoms with Gasteiger partial charge in [0.15, 0.2) is 6.29 Å². The standard InChI is InChI=1S/C20H27NO3/c22-19(14-15-5-6-16-3-1-2-4-18(16)13-15)21-9-7-17(8-10-21)20-23-11-12-24-20/h5-6,13,17,20H,1-4,7-12,14H2. The number of fused-ring (bicyclic) bond motifs is 1. The molecular weight excluding hydrogens is 302 g/mol. The van der Waals surface area contributed by atoms with Crippen LogP contribution < -0.4 is 0 Å². The largest absolute Gasteiger partial charge is 0.350 e. The van der Waals surface area contributed by atoms with E-state index in [0.29, 0.717) is 25.6 Å². The Morgan fingerprint density at radius 2 is 1.75 bits per heavy atom. The second kappa shape index (κ2) is 7.24. The fraction of sp³-hybridized carbons (Fsp3) is 0.650. The van der Waals surface area contributed by atoms with E-state index in [4.69, 9.17) is 9.47 Å². The van der Waals surface area contributed by atoms with Gasteiger partial charge in [-0.05, 0) is 55.2 Å². The molecule has 0 saturated carbocycles. The van der Waals surface area contributed by atoms with Crippen molar-refractivity contribution >= 4 is 5.91 Å². The lowest BCUT2D eigenvalue weighted by Gasteiger charge is -2.34. The summed E-state index contributed by atoms with van der Waals surface area (Å²) in [6.45, 7) is 3.08. The van der Waals surface area contributed by atoms with Crippen molar-refractivity contribution in [2.24, 2.45) is 5.92 Å². The predicted octanol–water partition coefficient (Wildman–Crippen LogP) is 2.72. The predicted molar refractivity (Wildman–Crippen MR) is 91.8 cm³/mol. The summed E-state index contributed by atoms with van der Waals surface area (Å²) < 4.78 is 11.2. The minimum atomic E-state index is -0.0390. The summed E-state index contributed by atoms with van der Waals surface area (Å²) in [7, 11) is 0. The number of carbonyl (C=O) groups excluding carboxylic acids is 1. The van der Waals surface area contributed by atoms with E-state index in [1.807, 2.05) is 4.90 Å². The highest BCUT2D eigenvalue weighted by atomic mass is 16.7. The van der Waals surface area contributed by atoms with Crippen molar-refractivity contribution in [3.63, 3.8) is 0 Å². The summed E-state index contributed by atoms with van der Waals surface area (Å²) in [5.41, 5.74) is 4.11. The Morgan fingerprint density at radius 1 is 1.04 bits per heavy atom. The number of nitrogens with zero attached hydrogens (tertiary/aromatic N) is 1. The number of hydrogen-bond donors (Lipinski definition) is 0. The fourth-order valence-electron chi connectivity index (χ4n) is 4.25. The number of aryl methyl sites for hydroxylation is 2. The van der Waals surface area contributed by atoms with Crippen LogP contribution in [0.4, 0.5) is 0 Å². The molecule has 0 bridgehead atoms. The van der Waals surface area contributed by atoms with Gasteiger partial charge in [0.1, 0.15) is 0 Å². The summed E-state index contributed by atoms with van der Waals surface area (Å²) in [6.07, 6.45) is 7.42. The SMILES string of the molecule is O=C(Cc1ccc2c(c1)CCCC2)N1CCC(C2OCCO2)CC1. The van der Waals surface area contributed by atoms with Crippen LogP contribution in [0.15, 0.2) is 18.2 Å². The smallest absolute Gasteiger partial charge is 0.226 e. The second-order valence-electron chi connectivity index (χ2n) is 7.32. The van der Waals surface area contributed by atoms with Gasteiger partial charge in [0.25, 0.3) is 0 Å². The Kier molecular flexibility index (Phi) is 4.86. The summed E-state index contributed by atoms with van der Waals surface area (Å²) in [5, 5.41) is 0. The third-order valence-electron chi connectivity index (χ3n) is 5.69. The van der Waals surface area contributed by atoms with Gasteiger partial charge >= 0.3 is 0 Å². The number of rotatable bonds is 3. The molecule has 1 aromatic carbocycles. The van der Waals surface area contributed by atoms with Gasteiger partial charge in [-0.3, -0.25) is 4.79 Å². The molecule has 4 rings (SSSR count). The van der Waals surface area contributed by atoms with Crippen LogP contribution in [-0.2, 0) is 33.5 Å². The van der Waals surface area contributed by atoms with Crippen molar-refractivity contribution in [1.82, 2.24) is 4.90 Å². The van der Waals surface area contributed by atoms with Crippen molar-refractivity contribution < 1.29 is 14.3 Å². The molecule has 2 heterocycles. The number of carbonyl (C=O) groups is 1. The van der Waals surface area contributed by atoms with Crippen LogP contribution in [0.1, 0.15) is 42.4 Å². The Bertz CT molecular complexity index is 587. The lowest BCUT2D eigenvalue weighted by atomic mass is 9.89. The van der Waals surface area contributed by atoms with E-state index in [1.54, 1.807) is 0 Å². The first-order valence-corrected chi connectivity index (χ1v) is 9.41. The highest BCUT2D eigenvalue weighted by Crippen LogP contribution is 2.27. The zero-order chi connectivity index (χ0) is 16.4. The molecule has 2 aliphatic heterocycles. The van der Waals surface area contributed by atoms with Crippen LogP contribution in [0.3, 0.4) is 0 Å². The summed E-state index contributed by atoms with van der Waals surface area (Å²) in [6, 6.07) is 6.65. The van der Waals surface area contributed by atoms with E-state index in [0.717, 1.165) is 25.9 Å². The van der Waals surface area contributed by atoms with Crippen LogP contribution in [0.2, 0.25) is 0 Å². The molecule has 24 heavy (non-hydrogen) atoms. The number of piperidine rings is 1. The lowest BCUT2D eigenvalue weighted by molar-refractivity contribution is -0.136. The summed E-state index contributed by atoms with van der Waals surface area (Å²) in [4.78, 5) is 14.6. The van der Waals surface area contributed by atoms with E-state index >= 15 is 0 Å². The van der Waals surface area contributed by atoms with Gasteiger partial charge in [0, 0.05) is 19.0 Å². The molecule has 130 valence electrons. The highest BCUT2D eigenvalue weighted by Gasteiger charge is 2.31. The average Bonchev–Trinajstić information content (AvgIpc) is 3.16. The quantitative estimate of drug-likeness (QED) is 0.856. The summed E-state index contributed by atoms with van der Waals surface area (Å²) >= 11 is 0. The minimum absolute atomic E-state index is 0.0390. The third kappa shape index (κ3) is 3.50. The van der Waals surface area contributed by atoms with Crippen LogP contribution in [0.5, 0.6) is 0 Å². The number of benzene rings is 1. The Balaban J connectivity index is 1.32. The van der Waals surface area contributed by atoms with Crippen molar-refractivity contribution in [2.45, 2.75) is 51.2 Å². The van der Waals surface area contributed by atoms with Gasteiger partial charge in [-0.15, -0.1) is 0 Å². The maximum absolute atomic E-state index is 12.6. The maximum atomic E-state index is 12.6. The Labute approximate surface area is 144 Å². The first-order chi connectivity index (χ1) is 11.8. The number of ether oxygens (including phenoxy) is 2. The third-order valence-corrected chi connectivity index (χ3v) is 5.69. The van der Waals surface area contributed by atoms with E-state index in [-0.39, 0.29) is 12.2 Å². The molecule has 2 fully saturated rings. The molecule has 3 aliphatic rings. The lowest BCUT2D eigenvalue weighted by Crippen LogP contribution is -2.42. The van der Waals surface area contributed by atoms with Gasteiger partial charge in [0.05, 0.1) is 19.6 Å². The van der Waals surface area contributed by atoms with Crippen LogP contribution in [-0.4, -0.2) is 43.4 Å². The molecule has 0 spiro atoms. The van der Waals surface area contributed by atoms with Crippen LogP contribution in [0.25, 0.3) is 0 Å². The van der Waals surface area contributed by atoms with Gasteiger partial charge in [-0.1, -0.05) is 18.2 Å². The number of amides is 1. The molecule has 2 saturated heterocycles. The molecule has 1 aliphatic carbocycles. The Morgan fingerprint density at radius 3 is 2.50 bits per heavy atom. The molecule has 1 aromatic rings. The van der Waals surface area contributed by atoms with Crippen molar-refractivity contribution in [2.75, 3.05) is 26.3 Å². The molecule has 0 unspecified atom stereocenters. The number of likely N-dealkylation sites (tertiary alicyclic amines) is 1.